The van der Waals surface area contributed by atoms with E-state index < -0.39 is 0 Å². The highest BCUT2D eigenvalue weighted by atomic mass is 35.5. The van der Waals surface area contributed by atoms with Gasteiger partial charge in [0.05, 0.1) is 28.0 Å². The van der Waals surface area contributed by atoms with E-state index in [2.05, 4.69) is 10.4 Å². The van der Waals surface area contributed by atoms with Gasteiger partial charge in [-0.2, -0.15) is 5.10 Å². The zero-order valence-electron chi connectivity index (χ0n) is 13.4. The fraction of sp³-hybridized carbons (Fsp3) is 0.375. The standard InChI is InChI=1S/C16H18Cl3N3O2/c1-10-16(19)11(2)22(21-10)9-15(23)20-6-3-7-24-14-5-4-12(17)8-13(14)18/h4-5,8H,3,6-7,9H2,1-2H3,(H,20,23). The zero-order chi connectivity index (χ0) is 17.7. The largest absolute Gasteiger partial charge is 0.492 e. The summed E-state index contributed by atoms with van der Waals surface area (Å²) in [6.07, 6.45) is 0.655. The predicted molar refractivity (Wildman–Crippen MR) is 96.3 cm³/mol. The van der Waals surface area contributed by atoms with Crippen molar-refractivity contribution in [2.75, 3.05) is 13.2 Å². The van der Waals surface area contributed by atoms with E-state index in [1.807, 2.05) is 13.8 Å². The third kappa shape index (κ3) is 5.03. The lowest BCUT2D eigenvalue weighted by atomic mass is 10.3. The lowest BCUT2D eigenvalue weighted by Crippen LogP contribution is -2.30. The average Bonchev–Trinajstić information content (AvgIpc) is 2.76. The van der Waals surface area contributed by atoms with E-state index in [9.17, 15) is 4.79 Å². The maximum absolute atomic E-state index is 11.9. The van der Waals surface area contributed by atoms with Gasteiger partial charge < -0.3 is 10.1 Å². The Morgan fingerprint density at radius 1 is 1.29 bits per heavy atom. The Bertz CT molecular complexity index is 732. The fourth-order valence-corrected chi connectivity index (χ4v) is 2.69. The number of carbonyl (C=O) groups is 1. The second-order valence-electron chi connectivity index (χ2n) is 5.27. The van der Waals surface area contributed by atoms with Crippen molar-refractivity contribution in [2.45, 2.75) is 26.8 Å². The molecule has 1 amide bonds. The SMILES string of the molecule is Cc1nn(CC(=O)NCCCOc2ccc(Cl)cc2Cl)c(C)c1Cl. The molecule has 24 heavy (non-hydrogen) atoms. The van der Waals surface area contributed by atoms with Crippen LogP contribution in [0.4, 0.5) is 0 Å². The van der Waals surface area contributed by atoms with Crippen LogP contribution < -0.4 is 10.1 Å². The Morgan fingerprint density at radius 3 is 2.67 bits per heavy atom. The molecule has 0 spiro atoms. The average molecular weight is 391 g/mol. The van der Waals surface area contributed by atoms with Crippen LogP contribution in [0.5, 0.6) is 5.75 Å². The Balaban J connectivity index is 1.70. The van der Waals surface area contributed by atoms with Gasteiger partial charge in [0.1, 0.15) is 12.3 Å². The van der Waals surface area contributed by atoms with E-state index >= 15 is 0 Å². The van der Waals surface area contributed by atoms with Crippen molar-refractivity contribution in [3.63, 3.8) is 0 Å². The molecule has 0 aliphatic heterocycles. The number of ether oxygens (including phenoxy) is 1. The number of halogens is 3. The molecule has 0 aliphatic rings. The minimum Gasteiger partial charge on any atom is -0.492 e. The van der Waals surface area contributed by atoms with Crippen LogP contribution in [0, 0.1) is 13.8 Å². The molecule has 0 saturated heterocycles. The van der Waals surface area contributed by atoms with Gasteiger partial charge in [0.2, 0.25) is 5.91 Å². The van der Waals surface area contributed by atoms with Crippen LogP contribution in [0.1, 0.15) is 17.8 Å². The summed E-state index contributed by atoms with van der Waals surface area (Å²) in [6, 6.07) is 5.06. The van der Waals surface area contributed by atoms with Gasteiger partial charge in [0.15, 0.2) is 0 Å². The molecule has 0 bridgehead atoms. The molecular weight excluding hydrogens is 373 g/mol. The normalized spacial score (nSPS) is 10.7. The summed E-state index contributed by atoms with van der Waals surface area (Å²) >= 11 is 17.9. The molecule has 0 radical (unpaired) electrons. The Hall–Kier alpha value is -1.43. The summed E-state index contributed by atoms with van der Waals surface area (Å²) in [5.41, 5.74) is 1.50. The van der Waals surface area contributed by atoms with Gasteiger partial charge in [0.25, 0.3) is 0 Å². The van der Waals surface area contributed by atoms with E-state index in [1.165, 1.54) is 0 Å². The highest BCUT2D eigenvalue weighted by Gasteiger charge is 2.11. The van der Waals surface area contributed by atoms with Crippen molar-refractivity contribution in [3.05, 3.63) is 44.7 Å². The highest BCUT2D eigenvalue weighted by molar-refractivity contribution is 6.35. The van der Waals surface area contributed by atoms with Gasteiger partial charge in [-0.1, -0.05) is 34.8 Å². The first-order valence-corrected chi connectivity index (χ1v) is 8.56. The fourth-order valence-electron chi connectivity index (χ4n) is 2.10. The maximum Gasteiger partial charge on any atom is 0.241 e. The number of nitrogens with one attached hydrogen (secondary N) is 1. The topological polar surface area (TPSA) is 56.2 Å². The number of amides is 1. The van der Waals surface area contributed by atoms with Crippen LogP contribution >= 0.6 is 34.8 Å². The molecule has 1 heterocycles. The van der Waals surface area contributed by atoms with Crippen LogP contribution in [-0.4, -0.2) is 28.8 Å². The first-order chi connectivity index (χ1) is 11.4. The molecule has 2 aromatic rings. The molecular formula is C16H18Cl3N3O2. The lowest BCUT2D eigenvalue weighted by molar-refractivity contribution is -0.121. The Morgan fingerprint density at radius 2 is 2.04 bits per heavy atom. The van der Waals surface area contributed by atoms with Crippen molar-refractivity contribution in [1.82, 2.24) is 15.1 Å². The van der Waals surface area contributed by atoms with Crippen LogP contribution in [0.25, 0.3) is 0 Å². The molecule has 0 unspecified atom stereocenters. The van der Waals surface area contributed by atoms with Gasteiger partial charge >= 0.3 is 0 Å². The molecule has 1 aromatic heterocycles. The number of aryl methyl sites for hydroxylation is 1. The zero-order valence-corrected chi connectivity index (χ0v) is 15.7. The predicted octanol–water partition coefficient (Wildman–Crippen LogP) is 4.05. The quantitative estimate of drug-likeness (QED) is 0.726. The van der Waals surface area contributed by atoms with Gasteiger partial charge in [-0.15, -0.1) is 0 Å². The van der Waals surface area contributed by atoms with Gasteiger partial charge in [0, 0.05) is 11.6 Å². The Labute approximate surface area is 155 Å². The summed E-state index contributed by atoms with van der Waals surface area (Å²) in [7, 11) is 0. The number of rotatable bonds is 7. The van der Waals surface area contributed by atoms with Crippen LogP contribution in [0.3, 0.4) is 0 Å². The van der Waals surface area contributed by atoms with E-state index in [1.54, 1.807) is 22.9 Å². The molecule has 130 valence electrons. The van der Waals surface area contributed by atoms with E-state index in [-0.39, 0.29) is 12.5 Å². The number of hydrogen-bond donors (Lipinski definition) is 1. The van der Waals surface area contributed by atoms with E-state index in [4.69, 9.17) is 39.5 Å². The molecule has 5 nitrogen and oxygen atoms in total. The second-order valence-corrected chi connectivity index (χ2v) is 6.49. The molecule has 8 heteroatoms. The summed E-state index contributed by atoms with van der Waals surface area (Å²) in [5, 5.41) is 8.66. The maximum atomic E-state index is 11.9. The second kappa shape index (κ2) is 8.60. The third-order valence-corrected chi connectivity index (χ3v) is 4.46. The molecule has 1 aromatic carbocycles. The number of nitrogens with zero attached hydrogens (tertiary/aromatic N) is 2. The Kier molecular flexibility index (Phi) is 6.78. The summed E-state index contributed by atoms with van der Waals surface area (Å²) in [6.45, 7) is 4.72. The van der Waals surface area contributed by atoms with Gasteiger partial charge in [-0.3, -0.25) is 9.48 Å². The van der Waals surface area contributed by atoms with Crippen molar-refractivity contribution in [1.29, 1.82) is 0 Å². The first kappa shape index (κ1) is 18.9. The van der Waals surface area contributed by atoms with Crippen molar-refractivity contribution < 1.29 is 9.53 Å². The number of benzene rings is 1. The molecule has 0 atom stereocenters. The monoisotopic (exact) mass is 389 g/mol. The minimum atomic E-state index is -0.123. The summed E-state index contributed by atoms with van der Waals surface area (Å²) < 4.78 is 7.15. The van der Waals surface area contributed by atoms with E-state index in [0.717, 1.165) is 11.4 Å². The number of carbonyl (C=O) groups excluding carboxylic acids is 1. The van der Waals surface area contributed by atoms with Crippen LogP contribution in [0.15, 0.2) is 18.2 Å². The third-order valence-electron chi connectivity index (χ3n) is 3.38. The van der Waals surface area contributed by atoms with Crippen molar-refractivity contribution in [3.8, 4) is 5.75 Å². The van der Waals surface area contributed by atoms with Gasteiger partial charge in [-0.05, 0) is 38.5 Å². The molecule has 0 saturated carbocycles. The minimum absolute atomic E-state index is 0.123. The number of hydrogen-bond acceptors (Lipinski definition) is 3. The van der Waals surface area contributed by atoms with Crippen LogP contribution in [-0.2, 0) is 11.3 Å². The first-order valence-electron chi connectivity index (χ1n) is 7.42. The lowest BCUT2D eigenvalue weighted by Gasteiger charge is -2.09. The van der Waals surface area contributed by atoms with Crippen LogP contribution in [0.2, 0.25) is 15.1 Å². The van der Waals surface area contributed by atoms with Crippen molar-refractivity contribution in [2.24, 2.45) is 0 Å². The number of aromatic nitrogens is 2. The molecule has 1 N–H and O–H groups in total. The van der Waals surface area contributed by atoms with Crippen molar-refractivity contribution >= 4 is 40.7 Å². The van der Waals surface area contributed by atoms with Gasteiger partial charge in [-0.25, -0.2) is 0 Å². The van der Waals surface area contributed by atoms with E-state index in [0.29, 0.717) is 40.4 Å². The summed E-state index contributed by atoms with van der Waals surface area (Å²) in [4.78, 5) is 11.9. The molecule has 0 fully saturated rings. The molecule has 0 aliphatic carbocycles. The highest BCUT2D eigenvalue weighted by Crippen LogP contribution is 2.27. The summed E-state index contributed by atoms with van der Waals surface area (Å²) in [5.74, 6) is 0.450. The molecule has 2 rings (SSSR count). The smallest absolute Gasteiger partial charge is 0.241 e.